The summed E-state index contributed by atoms with van der Waals surface area (Å²) in [4.78, 5) is 12.4. The highest BCUT2D eigenvalue weighted by molar-refractivity contribution is 7.89. The predicted octanol–water partition coefficient (Wildman–Crippen LogP) is 3.12. The smallest absolute Gasteiger partial charge is 0.251 e. The molecule has 1 heterocycles. The highest BCUT2D eigenvalue weighted by Crippen LogP contribution is 2.13. The SMILES string of the molecule is O=C(NCCCc1ccccc1)c1cccc(S(=O)(=O)NCc2ccco2)c1. The first-order valence-electron chi connectivity index (χ1n) is 8.99. The lowest BCUT2D eigenvalue weighted by Crippen LogP contribution is -2.26. The number of rotatable bonds is 9. The van der Waals surface area contributed by atoms with Crippen LogP contribution in [0.1, 0.15) is 28.1 Å². The summed E-state index contributed by atoms with van der Waals surface area (Å²) in [6, 6.07) is 19.4. The number of carbonyl (C=O) groups is 1. The third kappa shape index (κ3) is 5.55. The van der Waals surface area contributed by atoms with Crippen molar-refractivity contribution in [2.75, 3.05) is 6.54 Å². The molecule has 3 rings (SSSR count). The number of hydrogen-bond donors (Lipinski definition) is 2. The summed E-state index contributed by atoms with van der Waals surface area (Å²) < 4.78 is 32.5. The Kier molecular flexibility index (Phi) is 6.62. The molecule has 146 valence electrons. The molecular formula is C21H22N2O4S. The summed E-state index contributed by atoms with van der Waals surface area (Å²) in [6.45, 7) is 0.562. The number of benzene rings is 2. The van der Waals surface area contributed by atoms with E-state index in [1.165, 1.54) is 24.0 Å². The summed E-state index contributed by atoms with van der Waals surface area (Å²) in [5.74, 6) is 0.215. The van der Waals surface area contributed by atoms with Crippen LogP contribution in [-0.2, 0) is 23.0 Å². The van der Waals surface area contributed by atoms with Gasteiger partial charge < -0.3 is 9.73 Å². The summed E-state index contributed by atoms with van der Waals surface area (Å²) >= 11 is 0. The third-order valence-electron chi connectivity index (χ3n) is 4.19. The minimum atomic E-state index is -3.74. The molecule has 0 saturated heterocycles. The minimum absolute atomic E-state index is 0.0380. The zero-order chi connectivity index (χ0) is 19.8. The van der Waals surface area contributed by atoms with Crippen LogP contribution >= 0.6 is 0 Å². The molecule has 2 aromatic carbocycles. The highest BCUT2D eigenvalue weighted by atomic mass is 32.2. The molecular weight excluding hydrogens is 376 g/mol. The van der Waals surface area contributed by atoms with E-state index in [1.54, 1.807) is 24.3 Å². The van der Waals surface area contributed by atoms with E-state index in [9.17, 15) is 13.2 Å². The first kappa shape index (κ1) is 19.9. The first-order chi connectivity index (χ1) is 13.5. The van der Waals surface area contributed by atoms with Crippen molar-refractivity contribution in [3.05, 3.63) is 89.9 Å². The third-order valence-corrected chi connectivity index (χ3v) is 5.59. The second kappa shape index (κ2) is 9.34. The Bertz CT molecular complexity index is 1000. The standard InChI is InChI=1S/C21H22N2O4S/c24-21(22-13-5-9-17-7-2-1-3-8-17)18-10-4-12-20(15-18)28(25,26)23-16-19-11-6-14-27-19/h1-4,6-8,10-12,14-15,23H,5,9,13,16H2,(H,22,24). The Hall–Kier alpha value is -2.90. The Labute approximate surface area is 164 Å². The Morgan fingerprint density at radius 3 is 2.54 bits per heavy atom. The van der Waals surface area contributed by atoms with E-state index in [-0.39, 0.29) is 17.3 Å². The molecule has 0 spiro atoms. The van der Waals surface area contributed by atoms with Gasteiger partial charge in [0.15, 0.2) is 0 Å². The normalized spacial score (nSPS) is 11.3. The van der Waals surface area contributed by atoms with E-state index in [2.05, 4.69) is 10.0 Å². The second-order valence-electron chi connectivity index (χ2n) is 6.28. The van der Waals surface area contributed by atoms with Crippen molar-refractivity contribution in [3.63, 3.8) is 0 Å². The zero-order valence-corrected chi connectivity index (χ0v) is 16.1. The van der Waals surface area contributed by atoms with Crippen LogP contribution in [0.5, 0.6) is 0 Å². The van der Waals surface area contributed by atoms with Crippen molar-refractivity contribution < 1.29 is 17.6 Å². The number of amides is 1. The maximum atomic E-state index is 12.4. The quantitative estimate of drug-likeness (QED) is 0.542. The molecule has 0 radical (unpaired) electrons. The number of aryl methyl sites for hydroxylation is 1. The van der Waals surface area contributed by atoms with E-state index in [0.29, 0.717) is 17.9 Å². The van der Waals surface area contributed by atoms with Crippen LogP contribution in [-0.4, -0.2) is 20.9 Å². The van der Waals surface area contributed by atoms with Crippen molar-refractivity contribution in [2.24, 2.45) is 0 Å². The summed E-state index contributed by atoms with van der Waals surface area (Å²) in [7, 11) is -3.74. The molecule has 28 heavy (non-hydrogen) atoms. The molecule has 2 N–H and O–H groups in total. The average Bonchev–Trinajstić information content (AvgIpc) is 3.24. The van der Waals surface area contributed by atoms with E-state index >= 15 is 0 Å². The van der Waals surface area contributed by atoms with Gasteiger partial charge in [0.2, 0.25) is 10.0 Å². The van der Waals surface area contributed by atoms with Gasteiger partial charge in [-0.05, 0) is 48.7 Å². The molecule has 0 saturated carbocycles. The molecule has 0 bridgehead atoms. The summed E-state index contributed by atoms with van der Waals surface area (Å²) in [5.41, 5.74) is 1.52. The predicted molar refractivity (Wildman–Crippen MR) is 106 cm³/mol. The number of furan rings is 1. The van der Waals surface area contributed by atoms with Crippen molar-refractivity contribution in [1.82, 2.24) is 10.0 Å². The average molecular weight is 398 g/mol. The van der Waals surface area contributed by atoms with Gasteiger partial charge in [-0.25, -0.2) is 13.1 Å². The number of hydrogen-bond acceptors (Lipinski definition) is 4. The van der Waals surface area contributed by atoms with Gasteiger partial charge in [-0.3, -0.25) is 4.79 Å². The fraction of sp³-hybridized carbons (Fsp3) is 0.190. The molecule has 3 aromatic rings. The monoisotopic (exact) mass is 398 g/mol. The summed E-state index contributed by atoms with van der Waals surface area (Å²) in [6.07, 6.45) is 3.15. The van der Waals surface area contributed by atoms with Gasteiger partial charge in [0.1, 0.15) is 5.76 Å². The van der Waals surface area contributed by atoms with Gasteiger partial charge in [-0.15, -0.1) is 0 Å². The van der Waals surface area contributed by atoms with Crippen LogP contribution in [0, 0.1) is 0 Å². The van der Waals surface area contributed by atoms with Crippen molar-refractivity contribution in [2.45, 2.75) is 24.3 Å². The topological polar surface area (TPSA) is 88.4 Å². The maximum absolute atomic E-state index is 12.4. The minimum Gasteiger partial charge on any atom is -0.468 e. The molecule has 0 aliphatic rings. The van der Waals surface area contributed by atoms with Gasteiger partial charge in [-0.2, -0.15) is 0 Å². The van der Waals surface area contributed by atoms with E-state index in [4.69, 9.17) is 4.42 Å². The molecule has 0 aliphatic heterocycles. The van der Waals surface area contributed by atoms with Gasteiger partial charge >= 0.3 is 0 Å². The molecule has 1 amide bonds. The number of sulfonamides is 1. The van der Waals surface area contributed by atoms with Crippen molar-refractivity contribution >= 4 is 15.9 Å². The molecule has 7 heteroatoms. The van der Waals surface area contributed by atoms with Gasteiger partial charge in [0.05, 0.1) is 17.7 Å². The Morgan fingerprint density at radius 2 is 1.79 bits per heavy atom. The number of nitrogens with one attached hydrogen (secondary N) is 2. The Balaban J connectivity index is 1.55. The fourth-order valence-corrected chi connectivity index (χ4v) is 3.75. The molecule has 0 aliphatic carbocycles. The highest BCUT2D eigenvalue weighted by Gasteiger charge is 2.16. The van der Waals surface area contributed by atoms with Crippen LogP contribution < -0.4 is 10.0 Å². The lowest BCUT2D eigenvalue weighted by Gasteiger charge is -2.09. The zero-order valence-electron chi connectivity index (χ0n) is 15.3. The van der Waals surface area contributed by atoms with Crippen LogP contribution in [0.4, 0.5) is 0 Å². The molecule has 0 unspecified atom stereocenters. The van der Waals surface area contributed by atoms with Crippen LogP contribution in [0.3, 0.4) is 0 Å². The van der Waals surface area contributed by atoms with Crippen molar-refractivity contribution in [1.29, 1.82) is 0 Å². The van der Waals surface area contributed by atoms with Gasteiger partial charge in [-0.1, -0.05) is 36.4 Å². The number of carbonyl (C=O) groups excluding carboxylic acids is 1. The molecule has 0 atom stereocenters. The van der Waals surface area contributed by atoms with E-state index in [0.717, 1.165) is 12.8 Å². The fourth-order valence-electron chi connectivity index (χ4n) is 2.71. The van der Waals surface area contributed by atoms with Crippen LogP contribution in [0.25, 0.3) is 0 Å². The first-order valence-corrected chi connectivity index (χ1v) is 10.5. The lowest BCUT2D eigenvalue weighted by atomic mass is 10.1. The van der Waals surface area contributed by atoms with E-state index in [1.807, 2.05) is 30.3 Å². The lowest BCUT2D eigenvalue weighted by molar-refractivity contribution is 0.0953. The van der Waals surface area contributed by atoms with Gasteiger partial charge in [0.25, 0.3) is 5.91 Å². The van der Waals surface area contributed by atoms with Gasteiger partial charge in [0, 0.05) is 12.1 Å². The largest absolute Gasteiger partial charge is 0.468 e. The maximum Gasteiger partial charge on any atom is 0.251 e. The summed E-state index contributed by atoms with van der Waals surface area (Å²) in [5, 5.41) is 2.83. The van der Waals surface area contributed by atoms with Crippen LogP contribution in [0.15, 0.2) is 82.3 Å². The Morgan fingerprint density at radius 1 is 0.964 bits per heavy atom. The molecule has 1 aromatic heterocycles. The second-order valence-corrected chi connectivity index (χ2v) is 8.04. The molecule has 0 fully saturated rings. The molecule has 6 nitrogen and oxygen atoms in total. The van der Waals surface area contributed by atoms with Crippen LogP contribution in [0.2, 0.25) is 0 Å². The van der Waals surface area contributed by atoms with E-state index < -0.39 is 10.0 Å². The van der Waals surface area contributed by atoms with Crippen molar-refractivity contribution in [3.8, 4) is 0 Å².